The molecule has 0 spiro atoms. The second kappa shape index (κ2) is 53.6. The Morgan fingerprint density at radius 1 is 0.385 bits per heavy atom. The fourth-order valence-electron chi connectivity index (χ4n) is 15.6. The van der Waals surface area contributed by atoms with Crippen molar-refractivity contribution in [1.29, 1.82) is 0 Å². The number of hydrogen-bond donors (Lipinski definition) is 16. The van der Waals surface area contributed by atoms with Crippen LogP contribution in [0.15, 0.2) is 124 Å². The Morgan fingerprint density at radius 2 is 0.669 bits per heavy atom. The largest absolute Gasteiger partial charge is 0.394 e. The van der Waals surface area contributed by atoms with Crippen molar-refractivity contribution in [2.45, 2.75) is 121 Å². The van der Waals surface area contributed by atoms with Gasteiger partial charge < -0.3 is 111 Å². The summed E-state index contributed by atoms with van der Waals surface area (Å²) < 4.78 is 122. The molecule has 0 unspecified atom stereocenters. The third-order valence-corrected chi connectivity index (χ3v) is 28.1. The molecule has 8 amide bonds. The zero-order valence-electron chi connectivity index (χ0n) is 72.8. The number of carbonyl (C=O) groups is 4. The number of aliphatic hydroxyl groups is 5. The van der Waals surface area contributed by atoms with E-state index in [2.05, 4.69) is 71.4 Å². The van der Waals surface area contributed by atoms with Gasteiger partial charge in [-0.05, 0) is 183 Å². The molecule has 0 aromatic heterocycles. The molecule has 6 aromatic carbocycles. The lowest BCUT2D eigenvalue weighted by atomic mass is 9.83. The topological polar surface area (TPSA) is 469 Å². The standard InChI is InChI=1S/C86H120Cl6N14O21S3/c1-104-50-69(66-43-60(87)46-75(90)72(66)53-104)57-10-4-13-63(40-57)128(116,117)100-25-31-125-37-34-122-28-22-96-82(112)93-19-7-16-86(103-85(115)99-49-78(108)80(110)81(111)79(109)56-107,17-8-20-94-83(113)97-23-29-123-35-38-126-32-26-101-129(118,119)64-14-5-11-58(41-64)70-51-105(2)54-73-67(70)44-61(88)47-76(73)91)18-9-21-95-84(114)98-24-30-124-36-39-127-33-27-102-130(120,121)65-15-6-12-59(42-65)71-52-106(3)55-74-68(71)45-62(89)48-77(74)92/h4-6,10-15,40-48,69-71,78-81,100-102,107-111H,7-9,16-39,49-56H2,1-3H3,(H2,93,96,112)(H2,94,97,113)(H2,95,98,114)(H2,99,103,115)/t69-,70-,71-,78+,79-,80-,81-/m0/s1. The zero-order valence-corrected chi connectivity index (χ0v) is 79.8. The van der Waals surface area contributed by atoms with Crippen LogP contribution in [0.5, 0.6) is 0 Å². The molecule has 0 aliphatic carbocycles. The van der Waals surface area contributed by atoms with Crippen molar-refractivity contribution in [3.05, 3.63) is 189 Å². The van der Waals surface area contributed by atoms with E-state index in [-0.39, 0.29) is 209 Å². The lowest BCUT2D eigenvalue weighted by Gasteiger charge is -2.36. The van der Waals surface area contributed by atoms with Gasteiger partial charge in [0.15, 0.2) is 0 Å². The van der Waals surface area contributed by atoms with Crippen LogP contribution in [0.4, 0.5) is 19.2 Å². The van der Waals surface area contributed by atoms with Gasteiger partial charge in [-0.2, -0.15) is 0 Å². The number of halogens is 6. The quantitative estimate of drug-likeness (QED) is 0.0184. The molecule has 720 valence electrons. The predicted molar refractivity (Wildman–Crippen MR) is 496 cm³/mol. The number of nitrogens with zero attached hydrogens (tertiary/aromatic N) is 3. The van der Waals surface area contributed by atoms with Crippen molar-refractivity contribution in [2.75, 3.05) is 192 Å². The van der Waals surface area contributed by atoms with Crippen molar-refractivity contribution >= 4 is 124 Å². The fourth-order valence-corrected chi connectivity index (χ4v) is 20.5. The van der Waals surface area contributed by atoms with Crippen LogP contribution >= 0.6 is 69.6 Å². The number of rotatable bonds is 55. The normalized spacial score (nSPS) is 16.6. The molecule has 130 heavy (non-hydrogen) atoms. The van der Waals surface area contributed by atoms with Crippen LogP contribution in [0.1, 0.15) is 106 Å². The van der Waals surface area contributed by atoms with E-state index in [9.17, 15) is 70.0 Å². The summed E-state index contributed by atoms with van der Waals surface area (Å²) in [7, 11) is -5.84. The van der Waals surface area contributed by atoms with Gasteiger partial charge in [-0.3, -0.25) is 0 Å². The first-order valence-corrected chi connectivity index (χ1v) is 49.6. The average Bonchev–Trinajstić information content (AvgIpc) is 0.779. The van der Waals surface area contributed by atoms with Crippen molar-refractivity contribution < 1.29 is 98.4 Å². The van der Waals surface area contributed by atoms with Gasteiger partial charge in [-0.15, -0.1) is 0 Å². The molecule has 16 N–H and O–H groups in total. The van der Waals surface area contributed by atoms with Crippen LogP contribution < -0.4 is 56.7 Å². The van der Waals surface area contributed by atoms with E-state index in [1.54, 1.807) is 54.6 Å². The summed E-state index contributed by atoms with van der Waals surface area (Å²) >= 11 is 38.9. The molecule has 44 heteroatoms. The minimum atomic E-state index is -3.92. The number of amides is 8. The van der Waals surface area contributed by atoms with Crippen LogP contribution in [-0.2, 0) is 78.1 Å². The number of nitrogens with one attached hydrogen (secondary N) is 11. The Morgan fingerprint density at radius 3 is 0.969 bits per heavy atom. The van der Waals surface area contributed by atoms with E-state index in [1.807, 2.05) is 57.5 Å². The predicted octanol–water partition coefficient (Wildman–Crippen LogP) is 6.39. The van der Waals surface area contributed by atoms with Crippen LogP contribution in [0, 0.1) is 0 Å². The van der Waals surface area contributed by atoms with Gasteiger partial charge >= 0.3 is 24.1 Å². The number of aliphatic hydroxyl groups excluding tert-OH is 5. The molecule has 9 rings (SSSR count). The summed E-state index contributed by atoms with van der Waals surface area (Å²) in [5.74, 6) is -0.496. The highest BCUT2D eigenvalue weighted by molar-refractivity contribution is 7.90. The lowest BCUT2D eigenvalue weighted by molar-refractivity contribution is -0.113. The zero-order chi connectivity index (χ0) is 94.0. The molecule has 0 saturated carbocycles. The highest BCUT2D eigenvalue weighted by atomic mass is 35.5. The third kappa shape index (κ3) is 34.0. The van der Waals surface area contributed by atoms with Gasteiger partial charge in [-0.1, -0.05) is 106 Å². The number of ether oxygens (including phenoxy) is 6. The maximum atomic E-state index is 13.9. The van der Waals surface area contributed by atoms with Gasteiger partial charge in [0.1, 0.15) is 18.3 Å². The Bertz CT molecular complexity index is 4590. The molecule has 6 aromatic rings. The number of benzene rings is 6. The van der Waals surface area contributed by atoms with Crippen molar-refractivity contribution in [2.24, 2.45) is 0 Å². The van der Waals surface area contributed by atoms with E-state index in [0.29, 0.717) is 69.4 Å². The molecule has 3 aliphatic rings. The molecule has 35 nitrogen and oxygen atoms in total. The van der Waals surface area contributed by atoms with E-state index >= 15 is 0 Å². The highest BCUT2D eigenvalue weighted by Crippen LogP contribution is 2.43. The number of sulfonamides is 3. The summed E-state index contributed by atoms with van der Waals surface area (Å²) in [4.78, 5) is 59.9. The fraction of sp³-hybridized carbons (Fsp3) is 0.535. The SMILES string of the molecule is CN1Cc2c(Cl)cc(Cl)cc2[C@H](c2cccc(S(=O)(=O)NCCOCCOCCNC(=O)NCCCC(CCCNC(=O)NCCOCCOCCNS(=O)(=O)c3cccc([C@@H]4CN(C)Cc5c(Cl)cc(Cl)cc54)c3)(CCCNC(=O)NCCOCCOCCNS(=O)(=O)c3cccc([C@@H]4CN(C)Cc5c(Cl)cc(Cl)cc54)c3)NC(=O)NC[C@@H](O)[C@H](O)[C@@H](O)[C@@H](O)CO)c2)C1. The molecule has 0 radical (unpaired) electrons. The maximum Gasteiger partial charge on any atom is 0.315 e. The van der Waals surface area contributed by atoms with Crippen LogP contribution in [0.25, 0.3) is 0 Å². The number of urea groups is 4. The first-order valence-electron chi connectivity index (χ1n) is 42.8. The molecule has 3 heterocycles. The average molecular weight is 1990 g/mol. The van der Waals surface area contributed by atoms with Gasteiger partial charge in [0.25, 0.3) is 0 Å². The van der Waals surface area contributed by atoms with Gasteiger partial charge in [0.2, 0.25) is 30.1 Å². The summed E-state index contributed by atoms with van der Waals surface area (Å²) in [6.45, 7) is 3.89. The van der Waals surface area contributed by atoms with E-state index in [1.165, 1.54) is 18.2 Å². The van der Waals surface area contributed by atoms with Crippen molar-refractivity contribution in [3.8, 4) is 0 Å². The smallest absolute Gasteiger partial charge is 0.315 e. The summed E-state index contributed by atoms with van der Waals surface area (Å²) in [6, 6.07) is 28.5. The Kier molecular flexibility index (Phi) is 44.1. The summed E-state index contributed by atoms with van der Waals surface area (Å²) in [6.07, 6.45) is -6.30. The monoisotopic (exact) mass is 1990 g/mol. The second-order valence-electron chi connectivity index (χ2n) is 32.0. The molecular weight excluding hydrogens is 1870 g/mol. The Hall–Kier alpha value is -6.69. The minimum absolute atomic E-state index is 0.0168. The van der Waals surface area contributed by atoms with Crippen LogP contribution in [0.3, 0.4) is 0 Å². The van der Waals surface area contributed by atoms with E-state index in [4.69, 9.17) is 98.0 Å². The third-order valence-electron chi connectivity index (χ3n) is 22.0. The number of fused-ring (bicyclic) bond motifs is 3. The molecule has 7 atom stereocenters. The summed E-state index contributed by atoms with van der Waals surface area (Å²) in [5, 5.41) is 76.0. The minimum Gasteiger partial charge on any atom is -0.394 e. The van der Waals surface area contributed by atoms with Gasteiger partial charge in [0, 0.05) is 158 Å². The molecule has 0 saturated heterocycles. The van der Waals surface area contributed by atoms with Gasteiger partial charge in [-0.25, -0.2) is 58.6 Å². The first-order chi connectivity index (χ1) is 62.1. The second-order valence-corrected chi connectivity index (χ2v) is 39.8. The van der Waals surface area contributed by atoms with Gasteiger partial charge in [0.05, 0.1) is 107 Å². The van der Waals surface area contributed by atoms with E-state index in [0.717, 1.165) is 50.1 Å². The molecular formula is C86H120Cl6N14O21S3. The Balaban J connectivity index is 0.709. The van der Waals surface area contributed by atoms with Crippen molar-refractivity contribution in [1.82, 2.24) is 71.4 Å². The Labute approximate surface area is 790 Å². The summed E-state index contributed by atoms with van der Waals surface area (Å²) in [5.41, 5.74) is 6.89. The van der Waals surface area contributed by atoms with E-state index < -0.39 is 97.3 Å². The molecule has 0 fully saturated rings. The molecule has 3 aliphatic heterocycles. The number of hydrogen-bond acceptors (Lipinski definition) is 24. The number of carbonyl (C=O) groups excluding carboxylic acids is 4. The highest BCUT2D eigenvalue weighted by Gasteiger charge is 2.36. The number of likely N-dealkylation sites (N-methyl/N-ethyl adjacent to an activating group) is 3. The molecule has 0 bridgehead atoms. The van der Waals surface area contributed by atoms with Crippen LogP contribution in [-0.4, -0.2) is 312 Å². The first kappa shape index (κ1) is 107. The van der Waals surface area contributed by atoms with Crippen LogP contribution in [0.2, 0.25) is 30.1 Å². The maximum absolute atomic E-state index is 13.9. The van der Waals surface area contributed by atoms with Crippen molar-refractivity contribution in [3.63, 3.8) is 0 Å². The lowest BCUT2D eigenvalue weighted by Crippen LogP contribution is -2.55.